The van der Waals surface area contributed by atoms with Crippen LogP contribution in [0, 0.1) is 0 Å². The molecule has 4 N–H and O–H groups in total. The first-order chi connectivity index (χ1) is 2.41. The van der Waals surface area contributed by atoms with Gasteiger partial charge >= 0.3 is 7.55 Å². The van der Waals surface area contributed by atoms with Crippen molar-refractivity contribution >= 4 is 7.55 Å². The smallest absolute Gasteiger partial charge is 0.301 e. The van der Waals surface area contributed by atoms with Crippen LogP contribution in [0.4, 0.5) is 0 Å². The summed E-state index contributed by atoms with van der Waals surface area (Å²) in [6.07, 6.45) is 0. The maximum atomic E-state index is 4.50. The van der Waals surface area contributed by atoms with Gasteiger partial charge in [0.2, 0.25) is 0 Å². The van der Waals surface area contributed by atoms with Crippen molar-refractivity contribution in [3.63, 3.8) is 0 Å². The Morgan fingerprint density at radius 3 is 1.20 bits per heavy atom. The number of hydrogen-bond donors (Lipinski definition) is 2. The van der Waals surface area contributed by atoms with E-state index in [4.69, 9.17) is 0 Å². The van der Waals surface area contributed by atoms with E-state index in [9.17, 15) is 0 Å². The van der Waals surface area contributed by atoms with E-state index in [1.165, 1.54) is 0 Å². The number of nitrogens with two attached hydrogens (primary N) is 2. The largest absolute Gasteiger partial charge is 0.360 e. The lowest BCUT2D eigenvalue weighted by Gasteiger charge is -1.48. The third-order valence-corrected chi connectivity index (χ3v) is 0. The first kappa shape index (κ1) is 8.83. The Balaban J connectivity index is 0. The lowest BCUT2D eigenvalue weighted by molar-refractivity contribution is 1.76. The van der Waals surface area contributed by atoms with Gasteiger partial charge in [0.15, 0.2) is 0 Å². The Bertz CT molecular complexity index is 11.6. The molecule has 0 spiro atoms. The summed E-state index contributed by atoms with van der Waals surface area (Å²) >= 11 is 0. The second kappa shape index (κ2) is 52.6. The molecule has 0 fully saturated rings. The molecule has 29 valence electrons. The molecule has 0 saturated heterocycles. The molecule has 0 aromatic heterocycles. The van der Waals surface area contributed by atoms with Crippen LogP contribution in [0.3, 0.4) is 0 Å². The SMILES string of the molecule is C=C.N[B]N. The first-order valence-electron chi connectivity index (χ1n) is 1.17. The summed E-state index contributed by atoms with van der Waals surface area (Å²) in [5.41, 5.74) is 9.00. The molecule has 1 radical (unpaired) electrons. The van der Waals surface area contributed by atoms with Gasteiger partial charge in [-0.15, -0.1) is 13.2 Å². The van der Waals surface area contributed by atoms with Gasteiger partial charge < -0.3 is 11.3 Å². The molecule has 0 aliphatic heterocycles. The molecule has 0 amide bonds. The number of hydrogen-bond acceptors (Lipinski definition) is 2. The lowest BCUT2D eigenvalue weighted by Crippen LogP contribution is -2.15. The maximum Gasteiger partial charge on any atom is 0.301 e. The summed E-state index contributed by atoms with van der Waals surface area (Å²) in [4.78, 5) is 0. The summed E-state index contributed by atoms with van der Waals surface area (Å²) in [5, 5.41) is 0. The second-order valence-electron chi connectivity index (χ2n) is 0.192. The second-order valence-corrected chi connectivity index (χ2v) is 0.192. The molecular weight excluding hydrogens is 62.8 g/mol. The molecule has 5 heavy (non-hydrogen) atoms. The highest BCUT2D eigenvalue weighted by atomic mass is 14.5. The van der Waals surface area contributed by atoms with Crippen molar-refractivity contribution in [3.05, 3.63) is 13.2 Å². The summed E-state index contributed by atoms with van der Waals surface area (Å²) in [5.74, 6) is 0. The van der Waals surface area contributed by atoms with E-state index in [1.807, 2.05) is 0 Å². The third kappa shape index (κ3) is 146. The van der Waals surface area contributed by atoms with Crippen LogP contribution in [0.2, 0.25) is 0 Å². The molecule has 0 bridgehead atoms. The summed E-state index contributed by atoms with van der Waals surface area (Å²) in [6.45, 7) is 6.00. The molecule has 0 atom stereocenters. The molecule has 0 aromatic rings. The van der Waals surface area contributed by atoms with Gasteiger partial charge in [-0.1, -0.05) is 0 Å². The Morgan fingerprint density at radius 2 is 1.20 bits per heavy atom. The fourth-order valence-electron chi connectivity index (χ4n) is 0. The van der Waals surface area contributed by atoms with Crippen LogP contribution in [0.25, 0.3) is 0 Å². The molecule has 0 aliphatic rings. The molecule has 3 heteroatoms. The topological polar surface area (TPSA) is 52.0 Å². The van der Waals surface area contributed by atoms with Crippen molar-refractivity contribution in [1.82, 2.24) is 0 Å². The quantitative estimate of drug-likeness (QED) is 0.291. The van der Waals surface area contributed by atoms with Crippen LogP contribution in [-0.4, -0.2) is 7.55 Å². The maximum absolute atomic E-state index is 4.50. The highest BCUT2D eigenvalue weighted by Crippen LogP contribution is 0.862. The van der Waals surface area contributed by atoms with Gasteiger partial charge in [0.1, 0.15) is 0 Å². The first-order valence-corrected chi connectivity index (χ1v) is 1.17. The molecule has 0 heterocycles. The van der Waals surface area contributed by atoms with Crippen molar-refractivity contribution < 1.29 is 0 Å². The number of rotatable bonds is 0. The van der Waals surface area contributed by atoms with Crippen LogP contribution in [-0.2, 0) is 0 Å². The molecular formula is C2H8BN2. The highest BCUT2D eigenvalue weighted by Gasteiger charge is 1.42. The van der Waals surface area contributed by atoms with Crippen LogP contribution < -0.4 is 11.3 Å². The molecule has 2 nitrogen and oxygen atoms in total. The average molecular weight is 70.9 g/mol. The van der Waals surface area contributed by atoms with E-state index in [0.29, 0.717) is 0 Å². The normalized spacial score (nSPS) is 3.60. The summed E-state index contributed by atoms with van der Waals surface area (Å²) < 4.78 is 0. The molecule has 0 saturated carbocycles. The van der Waals surface area contributed by atoms with Gasteiger partial charge in [0.25, 0.3) is 0 Å². The predicted octanol–water partition coefficient (Wildman–Crippen LogP) is -0.760. The van der Waals surface area contributed by atoms with Gasteiger partial charge in [-0.25, -0.2) is 0 Å². The zero-order chi connectivity index (χ0) is 4.71. The Kier molecular flexibility index (Phi) is 92.9. The minimum atomic E-state index is 1.00. The van der Waals surface area contributed by atoms with Gasteiger partial charge in [-0.2, -0.15) is 0 Å². The predicted molar refractivity (Wildman–Crippen MR) is 25.4 cm³/mol. The molecule has 0 aromatic carbocycles. The molecule has 0 aliphatic carbocycles. The Labute approximate surface area is 33.1 Å². The fraction of sp³-hybridized carbons (Fsp3) is 0. The zero-order valence-electron chi connectivity index (χ0n) is 3.15. The van der Waals surface area contributed by atoms with Crippen molar-refractivity contribution in [2.24, 2.45) is 11.3 Å². The van der Waals surface area contributed by atoms with E-state index in [2.05, 4.69) is 24.4 Å². The Morgan fingerprint density at radius 1 is 1.20 bits per heavy atom. The average Bonchev–Trinajstić information content (AvgIpc) is 1.46. The van der Waals surface area contributed by atoms with Crippen molar-refractivity contribution in [1.29, 1.82) is 0 Å². The Hall–Kier alpha value is -0.275. The molecule has 0 rings (SSSR count). The van der Waals surface area contributed by atoms with E-state index in [-0.39, 0.29) is 0 Å². The van der Waals surface area contributed by atoms with Gasteiger partial charge in [0.05, 0.1) is 0 Å². The monoisotopic (exact) mass is 71.1 g/mol. The summed E-state index contributed by atoms with van der Waals surface area (Å²) in [6, 6.07) is 0. The fourth-order valence-corrected chi connectivity index (χ4v) is 0. The van der Waals surface area contributed by atoms with E-state index >= 15 is 0 Å². The van der Waals surface area contributed by atoms with Crippen molar-refractivity contribution in [2.45, 2.75) is 0 Å². The lowest BCUT2D eigenvalue weighted by atomic mass is 10.3. The molecule has 0 unspecified atom stereocenters. The highest BCUT2D eigenvalue weighted by molar-refractivity contribution is 6.26. The van der Waals surface area contributed by atoms with Gasteiger partial charge in [-0.3, -0.25) is 0 Å². The van der Waals surface area contributed by atoms with E-state index in [0.717, 1.165) is 7.55 Å². The van der Waals surface area contributed by atoms with Crippen LogP contribution in [0.15, 0.2) is 13.2 Å². The minimum Gasteiger partial charge on any atom is -0.360 e. The standard InChI is InChI=1S/C2H4.BH4N2/c1-2;2-1-3/h1-2H2;2-3H2. The summed E-state index contributed by atoms with van der Waals surface area (Å²) in [7, 11) is 1.00. The third-order valence-electron chi connectivity index (χ3n) is 0. The van der Waals surface area contributed by atoms with E-state index < -0.39 is 0 Å². The van der Waals surface area contributed by atoms with Crippen LogP contribution in [0.1, 0.15) is 0 Å². The van der Waals surface area contributed by atoms with Gasteiger partial charge in [-0.05, 0) is 0 Å². The minimum absolute atomic E-state index is 1.00. The zero-order valence-corrected chi connectivity index (χ0v) is 3.15. The van der Waals surface area contributed by atoms with E-state index in [1.54, 1.807) is 0 Å². The van der Waals surface area contributed by atoms with Crippen molar-refractivity contribution in [2.75, 3.05) is 0 Å². The van der Waals surface area contributed by atoms with Crippen LogP contribution in [0.5, 0.6) is 0 Å². The van der Waals surface area contributed by atoms with Crippen molar-refractivity contribution in [3.8, 4) is 0 Å². The van der Waals surface area contributed by atoms with Crippen LogP contribution >= 0.6 is 0 Å². The van der Waals surface area contributed by atoms with Gasteiger partial charge in [0, 0.05) is 0 Å².